The van der Waals surface area contributed by atoms with Crippen LogP contribution in [0, 0.1) is 6.92 Å². The molecule has 2 aromatic heterocycles. The zero-order chi connectivity index (χ0) is 15.8. The number of benzene rings is 1. The molecule has 0 aliphatic carbocycles. The van der Waals surface area contributed by atoms with E-state index in [1.807, 2.05) is 24.3 Å². The predicted octanol–water partition coefficient (Wildman–Crippen LogP) is 2.12. The minimum absolute atomic E-state index is 0.168. The van der Waals surface area contributed by atoms with Crippen molar-refractivity contribution >= 4 is 11.1 Å². The third-order valence-electron chi connectivity index (χ3n) is 4.39. The van der Waals surface area contributed by atoms with Crippen molar-refractivity contribution in [2.24, 2.45) is 0 Å². The van der Waals surface area contributed by atoms with Crippen molar-refractivity contribution in [1.82, 2.24) is 19.6 Å². The molecule has 0 radical (unpaired) electrons. The minimum atomic E-state index is -0.308. The zero-order valence-corrected chi connectivity index (χ0v) is 12.9. The number of aromatic nitrogens is 3. The average molecular weight is 314 g/mol. The number of likely N-dealkylation sites (tertiary alicyclic amines) is 1. The largest absolute Gasteiger partial charge is 0.419 e. The fraction of sp³-hybridized carbons (Fsp3) is 0.438. The Bertz CT molecular complexity index is 879. The summed E-state index contributed by atoms with van der Waals surface area (Å²) < 4.78 is 12.1. The van der Waals surface area contributed by atoms with Crippen LogP contribution in [-0.2, 0) is 6.54 Å². The zero-order valence-electron chi connectivity index (χ0n) is 12.9. The maximum atomic E-state index is 12.0. The maximum Gasteiger partial charge on any atom is 0.419 e. The lowest BCUT2D eigenvalue weighted by Crippen LogP contribution is -2.30. The molecule has 120 valence electrons. The summed E-state index contributed by atoms with van der Waals surface area (Å²) in [6.07, 6.45) is 2.11. The van der Waals surface area contributed by atoms with Gasteiger partial charge in [0.05, 0.1) is 11.6 Å². The molecule has 1 saturated heterocycles. The molecule has 1 aromatic carbocycles. The molecule has 1 aliphatic heterocycles. The highest BCUT2D eigenvalue weighted by Crippen LogP contribution is 2.29. The summed E-state index contributed by atoms with van der Waals surface area (Å²) in [4.78, 5) is 18.7. The van der Waals surface area contributed by atoms with Gasteiger partial charge in [-0.1, -0.05) is 17.3 Å². The Labute approximate surface area is 132 Å². The second-order valence-electron chi connectivity index (χ2n) is 5.85. The molecule has 0 unspecified atom stereocenters. The summed E-state index contributed by atoms with van der Waals surface area (Å²) in [5.74, 6) is 1.02. The first-order valence-electron chi connectivity index (χ1n) is 7.85. The van der Waals surface area contributed by atoms with Crippen LogP contribution in [0.15, 0.2) is 38.0 Å². The fourth-order valence-electron chi connectivity index (χ4n) is 3.29. The molecule has 0 amide bonds. The number of fused-ring (bicyclic) bond motifs is 1. The summed E-state index contributed by atoms with van der Waals surface area (Å²) in [5, 5.41) is 4.05. The first-order chi connectivity index (χ1) is 11.2. The number of aryl methyl sites for hydroxylation is 1. The van der Waals surface area contributed by atoms with Gasteiger partial charge in [0.2, 0.25) is 5.89 Å². The molecule has 3 heterocycles. The third-order valence-corrected chi connectivity index (χ3v) is 4.39. The number of oxazole rings is 1. The van der Waals surface area contributed by atoms with Crippen LogP contribution in [0.4, 0.5) is 0 Å². The van der Waals surface area contributed by atoms with Gasteiger partial charge >= 0.3 is 5.76 Å². The summed E-state index contributed by atoms with van der Waals surface area (Å²) >= 11 is 0. The van der Waals surface area contributed by atoms with Crippen molar-refractivity contribution in [1.29, 1.82) is 0 Å². The molecule has 7 heteroatoms. The van der Waals surface area contributed by atoms with E-state index in [0.717, 1.165) is 37.3 Å². The van der Waals surface area contributed by atoms with Crippen LogP contribution in [0.2, 0.25) is 0 Å². The second-order valence-corrected chi connectivity index (χ2v) is 5.85. The van der Waals surface area contributed by atoms with Crippen molar-refractivity contribution in [3.8, 4) is 0 Å². The van der Waals surface area contributed by atoms with E-state index in [-0.39, 0.29) is 11.8 Å². The Morgan fingerprint density at radius 3 is 3.00 bits per heavy atom. The van der Waals surface area contributed by atoms with Crippen LogP contribution in [0.3, 0.4) is 0 Å². The molecule has 0 spiro atoms. The van der Waals surface area contributed by atoms with Gasteiger partial charge in [-0.05, 0) is 31.5 Å². The number of hydrogen-bond acceptors (Lipinski definition) is 6. The highest BCUT2D eigenvalue weighted by atomic mass is 16.5. The van der Waals surface area contributed by atoms with Crippen LogP contribution < -0.4 is 5.76 Å². The molecule has 23 heavy (non-hydrogen) atoms. The number of hydrogen-bond donors (Lipinski definition) is 0. The molecular formula is C16H18N4O3. The lowest BCUT2D eigenvalue weighted by molar-refractivity contribution is 0.232. The quantitative estimate of drug-likeness (QED) is 0.734. The molecule has 4 rings (SSSR count). The van der Waals surface area contributed by atoms with Gasteiger partial charge in [-0.15, -0.1) is 0 Å². The molecule has 0 saturated carbocycles. The summed E-state index contributed by atoms with van der Waals surface area (Å²) in [5.41, 5.74) is 1.47. The molecule has 1 fully saturated rings. The van der Waals surface area contributed by atoms with Gasteiger partial charge in [0.25, 0.3) is 0 Å². The second kappa shape index (κ2) is 5.66. The Morgan fingerprint density at radius 2 is 2.17 bits per heavy atom. The van der Waals surface area contributed by atoms with Gasteiger partial charge in [0.15, 0.2) is 11.4 Å². The molecule has 1 aliphatic rings. The number of para-hydroxylation sites is 2. The van der Waals surface area contributed by atoms with Crippen LogP contribution in [0.25, 0.3) is 11.1 Å². The Balaban J connectivity index is 1.53. The van der Waals surface area contributed by atoms with Gasteiger partial charge < -0.3 is 8.94 Å². The Hall–Kier alpha value is -2.41. The highest BCUT2D eigenvalue weighted by Gasteiger charge is 2.29. The molecule has 0 bridgehead atoms. The summed E-state index contributed by atoms with van der Waals surface area (Å²) in [6.45, 7) is 4.11. The molecule has 1 atom stereocenters. The minimum Gasteiger partial charge on any atom is -0.408 e. The van der Waals surface area contributed by atoms with Crippen LogP contribution in [0.5, 0.6) is 0 Å². The van der Waals surface area contributed by atoms with Crippen LogP contribution in [0.1, 0.15) is 30.6 Å². The van der Waals surface area contributed by atoms with Crippen molar-refractivity contribution in [3.05, 3.63) is 46.5 Å². The third kappa shape index (κ3) is 2.57. The van der Waals surface area contributed by atoms with Gasteiger partial charge in [-0.25, -0.2) is 4.79 Å². The highest BCUT2D eigenvalue weighted by molar-refractivity contribution is 5.72. The first-order valence-corrected chi connectivity index (χ1v) is 7.85. The standard InChI is InChI=1S/C16H18N4O3/c1-11-17-15(18-23-11)13-6-4-8-19(13)9-10-20-12-5-2-3-7-14(12)22-16(20)21/h2-3,5,7,13H,4,6,8-10H2,1H3/t13-/m0/s1. The van der Waals surface area contributed by atoms with E-state index in [4.69, 9.17) is 8.94 Å². The molecule has 0 N–H and O–H groups in total. The lowest BCUT2D eigenvalue weighted by Gasteiger charge is -2.21. The normalized spacial score (nSPS) is 18.9. The van der Waals surface area contributed by atoms with Gasteiger partial charge in [0, 0.05) is 20.0 Å². The van der Waals surface area contributed by atoms with E-state index in [9.17, 15) is 4.79 Å². The average Bonchev–Trinajstić information content (AvgIpc) is 3.23. The van der Waals surface area contributed by atoms with E-state index in [1.54, 1.807) is 11.5 Å². The lowest BCUT2D eigenvalue weighted by atomic mass is 10.2. The van der Waals surface area contributed by atoms with Gasteiger partial charge in [-0.3, -0.25) is 9.47 Å². The van der Waals surface area contributed by atoms with Crippen LogP contribution in [-0.4, -0.2) is 32.7 Å². The predicted molar refractivity (Wildman–Crippen MR) is 83.1 cm³/mol. The Kier molecular flexibility index (Phi) is 3.49. The van der Waals surface area contributed by atoms with Gasteiger partial charge in [-0.2, -0.15) is 4.98 Å². The SMILES string of the molecule is Cc1nc([C@@H]2CCCN2CCn2c(=O)oc3ccccc32)no1. The number of rotatable bonds is 4. The van der Waals surface area contributed by atoms with E-state index < -0.39 is 0 Å². The van der Waals surface area contributed by atoms with Crippen molar-refractivity contribution < 1.29 is 8.94 Å². The molecule has 7 nitrogen and oxygen atoms in total. The number of nitrogens with zero attached hydrogens (tertiary/aromatic N) is 4. The van der Waals surface area contributed by atoms with E-state index in [1.165, 1.54) is 0 Å². The molecule has 3 aromatic rings. The fourth-order valence-corrected chi connectivity index (χ4v) is 3.29. The summed E-state index contributed by atoms with van der Waals surface area (Å²) in [7, 11) is 0. The van der Waals surface area contributed by atoms with E-state index in [2.05, 4.69) is 15.0 Å². The molecular weight excluding hydrogens is 296 g/mol. The van der Waals surface area contributed by atoms with Crippen molar-refractivity contribution in [2.45, 2.75) is 32.4 Å². The van der Waals surface area contributed by atoms with Crippen molar-refractivity contribution in [2.75, 3.05) is 13.1 Å². The Morgan fingerprint density at radius 1 is 1.30 bits per heavy atom. The van der Waals surface area contributed by atoms with Crippen LogP contribution >= 0.6 is 0 Å². The smallest absolute Gasteiger partial charge is 0.408 e. The van der Waals surface area contributed by atoms with E-state index >= 15 is 0 Å². The first kappa shape index (κ1) is 14.2. The maximum absolute atomic E-state index is 12.0. The summed E-state index contributed by atoms with van der Waals surface area (Å²) in [6, 6.07) is 7.67. The topological polar surface area (TPSA) is 77.3 Å². The van der Waals surface area contributed by atoms with E-state index in [0.29, 0.717) is 18.0 Å². The van der Waals surface area contributed by atoms with Gasteiger partial charge in [0.1, 0.15) is 0 Å². The van der Waals surface area contributed by atoms with Crippen molar-refractivity contribution in [3.63, 3.8) is 0 Å². The monoisotopic (exact) mass is 314 g/mol.